The lowest BCUT2D eigenvalue weighted by atomic mass is 10.0. The van der Waals surface area contributed by atoms with Crippen LogP contribution in [0.1, 0.15) is 11.1 Å². The molecule has 1 aliphatic rings. The monoisotopic (exact) mass is 337 g/mol. The van der Waals surface area contributed by atoms with Crippen LogP contribution in [-0.2, 0) is 5.92 Å². The predicted molar refractivity (Wildman–Crippen MR) is 71.5 cm³/mol. The van der Waals surface area contributed by atoms with Crippen molar-refractivity contribution in [2.24, 2.45) is 21.5 Å². The number of amidine groups is 1. The van der Waals surface area contributed by atoms with Crippen LogP contribution in [0, 0.1) is 0 Å². The highest BCUT2D eigenvalue weighted by atomic mass is 19.4. The molecule has 0 saturated carbocycles. The Bertz CT molecular complexity index is 640. The van der Waals surface area contributed by atoms with Gasteiger partial charge < -0.3 is 10.8 Å². The summed E-state index contributed by atoms with van der Waals surface area (Å²) in [6.07, 6.45) is -6.75. The zero-order valence-electron chi connectivity index (χ0n) is 11.4. The summed E-state index contributed by atoms with van der Waals surface area (Å²) >= 11 is 0. The molecule has 0 saturated heterocycles. The number of nitrogens with two attached hydrogens (primary N) is 2. The molecular formula is C12H12F5N5O. The number of alkyl halides is 5. The second kappa shape index (κ2) is 5.74. The van der Waals surface area contributed by atoms with Crippen molar-refractivity contribution in [1.29, 1.82) is 0 Å². The van der Waals surface area contributed by atoms with Crippen LogP contribution in [-0.4, -0.2) is 41.0 Å². The van der Waals surface area contributed by atoms with E-state index in [1.165, 1.54) is 0 Å². The molecule has 0 spiro atoms. The SMILES string of the molecule is NC1=NC(N)N(CO)C(c2ccc(C(F)(F)C(F)(F)F)cc2)=N1. The van der Waals surface area contributed by atoms with Crippen LogP contribution in [0.2, 0.25) is 0 Å². The molecule has 0 amide bonds. The molecule has 1 heterocycles. The van der Waals surface area contributed by atoms with Crippen LogP contribution in [0.4, 0.5) is 22.0 Å². The van der Waals surface area contributed by atoms with E-state index < -0.39 is 30.7 Å². The fraction of sp³-hybridized carbons (Fsp3) is 0.333. The van der Waals surface area contributed by atoms with E-state index in [0.717, 1.165) is 17.0 Å². The van der Waals surface area contributed by atoms with Crippen molar-refractivity contribution in [2.75, 3.05) is 6.73 Å². The second-order valence-corrected chi connectivity index (χ2v) is 4.60. The Morgan fingerprint density at radius 1 is 1.13 bits per heavy atom. The number of benzene rings is 1. The average molecular weight is 337 g/mol. The Morgan fingerprint density at radius 2 is 1.70 bits per heavy atom. The van der Waals surface area contributed by atoms with Crippen molar-refractivity contribution in [3.8, 4) is 0 Å². The normalized spacial score (nSPS) is 19.4. The topological polar surface area (TPSA) is 100 Å². The molecule has 1 aromatic carbocycles. The van der Waals surface area contributed by atoms with Gasteiger partial charge in [0.05, 0.1) is 0 Å². The summed E-state index contributed by atoms with van der Waals surface area (Å²) in [4.78, 5) is 8.59. The lowest BCUT2D eigenvalue weighted by Gasteiger charge is -2.30. The molecule has 1 atom stereocenters. The fourth-order valence-corrected chi connectivity index (χ4v) is 1.91. The lowest BCUT2D eigenvalue weighted by Crippen LogP contribution is -2.49. The standard InChI is InChI=1S/C12H12F5N5O/c13-11(14,12(15,16)17)7-3-1-6(2-4-7)8-20-9(18)21-10(19)22(8)5-23/h1-4,10,23H,5,19H2,(H2,18,21). The number of aliphatic hydroxyl groups is 1. The van der Waals surface area contributed by atoms with Gasteiger partial charge in [-0.25, -0.2) is 4.99 Å². The highest BCUT2D eigenvalue weighted by molar-refractivity contribution is 6.06. The van der Waals surface area contributed by atoms with Gasteiger partial charge in [-0.15, -0.1) is 0 Å². The predicted octanol–water partition coefficient (Wildman–Crippen LogP) is 0.910. The van der Waals surface area contributed by atoms with Gasteiger partial charge in [0, 0.05) is 11.1 Å². The molecule has 0 fully saturated rings. The Kier molecular flexibility index (Phi) is 4.26. The summed E-state index contributed by atoms with van der Waals surface area (Å²) in [7, 11) is 0. The number of aliphatic hydroxyl groups excluding tert-OH is 1. The van der Waals surface area contributed by atoms with Gasteiger partial charge in [0.1, 0.15) is 12.6 Å². The van der Waals surface area contributed by atoms with Gasteiger partial charge in [-0.3, -0.25) is 10.6 Å². The van der Waals surface area contributed by atoms with Gasteiger partial charge in [0.25, 0.3) is 0 Å². The van der Waals surface area contributed by atoms with Gasteiger partial charge in [0.2, 0.25) is 5.96 Å². The number of aliphatic imine (C=N–C) groups is 2. The third-order valence-electron chi connectivity index (χ3n) is 3.09. The molecular weight excluding hydrogens is 325 g/mol. The van der Waals surface area contributed by atoms with Crippen LogP contribution >= 0.6 is 0 Å². The average Bonchev–Trinajstić information content (AvgIpc) is 2.45. The van der Waals surface area contributed by atoms with Crippen molar-refractivity contribution in [1.82, 2.24) is 4.90 Å². The van der Waals surface area contributed by atoms with Gasteiger partial charge in [-0.2, -0.15) is 26.9 Å². The van der Waals surface area contributed by atoms with E-state index in [1.54, 1.807) is 0 Å². The molecule has 0 bridgehead atoms. The zero-order valence-corrected chi connectivity index (χ0v) is 11.4. The van der Waals surface area contributed by atoms with E-state index in [1.807, 2.05) is 0 Å². The highest BCUT2D eigenvalue weighted by Crippen LogP contribution is 2.43. The fourth-order valence-electron chi connectivity index (χ4n) is 1.91. The van der Waals surface area contributed by atoms with Crippen LogP contribution in [0.5, 0.6) is 0 Å². The number of nitrogens with zero attached hydrogens (tertiary/aromatic N) is 3. The van der Waals surface area contributed by atoms with Gasteiger partial charge in [0.15, 0.2) is 6.29 Å². The molecule has 11 heteroatoms. The lowest BCUT2D eigenvalue weighted by molar-refractivity contribution is -0.289. The molecule has 1 aromatic rings. The maximum Gasteiger partial charge on any atom is 0.458 e. The van der Waals surface area contributed by atoms with E-state index in [-0.39, 0.29) is 17.4 Å². The maximum absolute atomic E-state index is 13.2. The molecule has 1 unspecified atom stereocenters. The molecule has 0 aromatic heterocycles. The van der Waals surface area contributed by atoms with Crippen molar-refractivity contribution in [3.63, 3.8) is 0 Å². The van der Waals surface area contributed by atoms with Crippen molar-refractivity contribution in [3.05, 3.63) is 35.4 Å². The zero-order chi connectivity index (χ0) is 17.4. The molecule has 5 N–H and O–H groups in total. The minimum Gasteiger partial charge on any atom is -0.376 e. The molecule has 0 aliphatic carbocycles. The van der Waals surface area contributed by atoms with E-state index in [9.17, 15) is 27.1 Å². The summed E-state index contributed by atoms with van der Waals surface area (Å²) in [6, 6.07) is 3.24. The molecule has 2 rings (SSSR count). The number of halogens is 5. The summed E-state index contributed by atoms with van der Waals surface area (Å²) in [5.41, 5.74) is 9.98. The van der Waals surface area contributed by atoms with Crippen LogP contribution in [0.3, 0.4) is 0 Å². The van der Waals surface area contributed by atoms with Crippen LogP contribution in [0.15, 0.2) is 34.3 Å². The Labute approximate surface area is 126 Å². The van der Waals surface area contributed by atoms with Gasteiger partial charge in [-0.1, -0.05) is 24.3 Å². The third-order valence-corrected chi connectivity index (χ3v) is 3.09. The van der Waals surface area contributed by atoms with Crippen molar-refractivity contribution >= 4 is 11.8 Å². The molecule has 23 heavy (non-hydrogen) atoms. The van der Waals surface area contributed by atoms with Crippen molar-refractivity contribution < 1.29 is 27.1 Å². The van der Waals surface area contributed by atoms with Gasteiger partial charge >= 0.3 is 12.1 Å². The van der Waals surface area contributed by atoms with E-state index in [4.69, 9.17) is 11.5 Å². The number of hydrogen-bond donors (Lipinski definition) is 3. The highest BCUT2D eigenvalue weighted by Gasteiger charge is 2.58. The quantitative estimate of drug-likeness (QED) is 0.714. The number of guanidine groups is 1. The first-order valence-electron chi connectivity index (χ1n) is 6.18. The Morgan fingerprint density at radius 3 is 2.17 bits per heavy atom. The Hall–Kier alpha value is -2.27. The second-order valence-electron chi connectivity index (χ2n) is 4.60. The third kappa shape index (κ3) is 3.10. The molecule has 6 nitrogen and oxygen atoms in total. The smallest absolute Gasteiger partial charge is 0.376 e. The van der Waals surface area contributed by atoms with E-state index in [0.29, 0.717) is 12.1 Å². The molecule has 0 radical (unpaired) electrons. The van der Waals surface area contributed by atoms with Crippen molar-refractivity contribution in [2.45, 2.75) is 18.4 Å². The van der Waals surface area contributed by atoms with E-state index in [2.05, 4.69) is 9.98 Å². The van der Waals surface area contributed by atoms with E-state index >= 15 is 0 Å². The van der Waals surface area contributed by atoms with Crippen LogP contribution < -0.4 is 11.5 Å². The van der Waals surface area contributed by atoms with Gasteiger partial charge in [-0.05, 0) is 0 Å². The molecule has 126 valence electrons. The summed E-state index contributed by atoms with van der Waals surface area (Å²) < 4.78 is 63.5. The Balaban J connectivity index is 2.38. The summed E-state index contributed by atoms with van der Waals surface area (Å²) in [5, 5.41) is 9.26. The van der Waals surface area contributed by atoms with Crippen LogP contribution in [0.25, 0.3) is 0 Å². The minimum atomic E-state index is -5.70. The maximum atomic E-state index is 13.2. The summed E-state index contributed by atoms with van der Waals surface area (Å²) in [5.74, 6) is -5.18. The largest absolute Gasteiger partial charge is 0.458 e. The minimum absolute atomic E-state index is 0.00868. The first-order valence-corrected chi connectivity index (χ1v) is 6.18. The first kappa shape index (κ1) is 17.1. The summed E-state index contributed by atoms with van der Waals surface area (Å²) in [6.45, 7) is -0.600. The first-order chi connectivity index (χ1) is 10.6. The number of hydrogen-bond acceptors (Lipinski definition) is 6. The number of rotatable bonds is 3. The molecule has 1 aliphatic heterocycles.